The van der Waals surface area contributed by atoms with Crippen LogP contribution in [0.5, 0.6) is 0 Å². The number of hydrogen-bond donors (Lipinski definition) is 1. The number of nitrogens with zero attached hydrogens (tertiary/aromatic N) is 3. The van der Waals surface area contributed by atoms with Crippen molar-refractivity contribution in [3.63, 3.8) is 0 Å². The number of benzene rings is 2. The summed E-state index contributed by atoms with van der Waals surface area (Å²) < 4.78 is 1.82. The molecule has 3 aromatic rings. The van der Waals surface area contributed by atoms with Gasteiger partial charge in [-0.15, -0.1) is 0 Å². The third kappa shape index (κ3) is 4.08. The van der Waals surface area contributed by atoms with Crippen LogP contribution in [0.4, 0.5) is 5.69 Å². The summed E-state index contributed by atoms with van der Waals surface area (Å²) in [5.41, 5.74) is 2.40. The Bertz CT molecular complexity index is 874. The predicted octanol–water partition coefficient (Wildman–Crippen LogP) is 2.77. The summed E-state index contributed by atoms with van der Waals surface area (Å²) in [7, 11) is 0. The molecule has 0 spiro atoms. The molecule has 7 nitrogen and oxygen atoms in total. The van der Waals surface area contributed by atoms with Crippen molar-refractivity contribution in [1.82, 2.24) is 15.1 Å². The second kappa shape index (κ2) is 7.39. The van der Waals surface area contributed by atoms with E-state index in [1.54, 1.807) is 6.20 Å². The maximum Gasteiger partial charge on any atom is 0.269 e. The van der Waals surface area contributed by atoms with Gasteiger partial charge in [-0.25, -0.2) is 0 Å². The molecule has 0 atom stereocenters. The third-order valence-electron chi connectivity index (χ3n) is 3.79. The van der Waals surface area contributed by atoms with Crippen LogP contribution >= 0.6 is 0 Å². The predicted molar refractivity (Wildman–Crippen MR) is 92.0 cm³/mol. The molecule has 3 rings (SSSR count). The molecule has 1 heterocycles. The number of nitro groups is 1. The van der Waals surface area contributed by atoms with Crippen LogP contribution in [-0.2, 0) is 13.1 Å². The molecule has 1 N–H and O–H groups in total. The van der Waals surface area contributed by atoms with Gasteiger partial charge in [-0.2, -0.15) is 5.10 Å². The number of carbonyl (C=O) groups excluding carboxylic acids is 1. The van der Waals surface area contributed by atoms with E-state index < -0.39 is 4.92 Å². The number of hydrogen-bond acceptors (Lipinski definition) is 4. The Morgan fingerprint density at radius 3 is 2.44 bits per heavy atom. The molecular weight excluding hydrogens is 320 g/mol. The van der Waals surface area contributed by atoms with Gasteiger partial charge in [0.1, 0.15) is 0 Å². The lowest BCUT2D eigenvalue weighted by molar-refractivity contribution is -0.384. The highest BCUT2D eigenvalue weighted by Crippen LogP contribution is 2.13. The summed E-state index contributed by atoms with van der Waals surface area (Å²) in [5, 5.41) is 17.7. The van der Waals surface area contributed by atoms with Crippen molar-refractivity contribution in [3.8, 4) is 0 Å². The molecule has 0 saturated carbocycles. The zero-order valence-corrected chi connectivity index (χ0v) is 13.3. The van der Waals surface area contributed by atoms with Crippen LogP contribution < -0.4 is 5.32 Å². The van der Waals surface area contributed by atoms with E-state index in [0.717, 1.165) is 11.1 Å². The molecule has 0 aliphatic heterocycles. The van der Waals surface area contributed by atoms with Crippen LogP contribution in [0.15, 0.2) is 67.0 Å². The monoisotopic (exact) mass is 336 g/mol. The standard InChI is InChI=1S/C18H16N4O3/c23-18(14-6-8-17(9-7-14)22(24)25)19-12-15-4-1-2-5-16(15)13-21-11-3-10-20-21/h1-11H,12-13H2,(H,19,23). The quantitative estimate of drug-likeness (QED) is 0.553. The van der Waals surface area contributed by atoms with Crippen molar-refractivity contribution in [2.24, 2.45) is 0 Å². The van der Waals surface area contributed by atoms with Gasteiger partial charge >= 0.3 is 0 Å². The molecule has 0 unspecified atom stereocenters. The maximum absolute atomic E-state index is 12.2. The van der Waals surface area contributed by atoms with Crippen molar-refractivity contribution in [2.45, 2.75) is 13.1 Å². The lowest BCUT2D eigenvalue weighted by Crippen LogP contribution is -2.23. The third-order valence-corrected chi connectivity index (χ3v) is 3.79. The summed E-state index contributed by atoms with van der Waals surface area (Å²) in [6, 6.07) is 15.2. The van der Waals surface area contributed by atoms with Gasteiger partial charge in [0.25, 0.3) is 11.6 Å². The topological polar surface area (TPSA) is 90.1 Å². The number of rotatable bonds is 6. The average molecular weight is 336 g/mol. The van der Waals surface area contributed by atoms with E-state index in [1.807, 2.05) is 41.2 Å². The van der Waals surface area contributed by atoms with Gasteiger partial charge in [0, 0.05) is 36.6 Å². The number of nitrogens with one attached hydrogen (secondary N) is 1. The first kappa shape index (κ1) is 16.4. The second-order valence-electron chi connectivity index (χ2n) is 5.46. The van der Waals surface area contributed by atoms with E-state index >= 15 is 0 Å². The zero-order valence-electron chi connectivity index (χ0n) is 13.3. The Kier molecular flexibility index (Phi) is 4.84. The molecule has 126 valence electrons. The molecule has 0 bridgehead atoms. The smallest absolute Gasteiger partial charge is 0.269 e. The van der Waals surface area contributed by atoms with Crippen molar-refractivity contribution >= 4 is 11.6 Å². The van der Waals surface area contributed by atoms with Crippen molar-refractivity contribution in [3.05, 3.63) is 93.8 Å². The van der Waals surface area contributed by atoms with Gasteiger partial charge < -0.3 is 5.32 Å². The van der Waals surface area contributed by atoms with E-state index in [-0.39, 0.29) is 11.6 Å². The number of nitro benzene ring substituents is 1. The van der Waals surface area contributed by atoms with E-state index in [1.165, 1.54) is 24.3 Å². The van der Waals surface area contributed by atoms with Crippen LogP contribution in [0.25, 0.3) is 0 Å². The molecule has 0 saturated heterocycles. The van der Waals surface area contributed by atoms with Crippen molar-refractivity contribution in [2.75, 3.05) is 0 Å². The summed E-state index contributed by atoms with van der Waals surface area (Å²) in [6.07, 6.45) is 3.60. The Hall–Kier alpha value is -3.48. The highest BCUT2D eigenvalue weighted by molar-refractivity contribution is 5.94. The van der Waals surface area contributed by atoms with E-state index in [2.05, 4.69) is 10.4 Å². The van der Waals surface area contributed by atoms with Gasteiger partial charge in [0.05, 0.1) is 11.5 Å². The Morgan fingerprint density at radius 2 is 1.80 bits per heavy atom. The minimum absolute atomic E-state index is 0.0406. The Labute approximate surface area is 144 Å². The Morgan fingerprint density at radius 1 is 1.08 bits per heavy atom. The van der Waals surface area contributed by atoms with Crippen LogP contribution in [0.2, 0.25) is 0 Å². The highest BCUT2D eigenvalue weighted by Gasteiger charge is 2.10. The second-order valence-corrected chi connectivity index (χ2v) is 5.46. The summed E-state index contributed by atoms with van der Waals surface area (Å²) in [4.78, 5) is 22.4. The summed E-state index contributed by atoms with van der Waals surface area (Å²) >= 11 is 0. The molecule has 1 amide bonds. The summed E-state index contributed by atoms with van der Waals surface area (Å²) in [6.45, 7) is 0.990. The molecule has 0 aliphatic carbocycles. The molecule has 0 fully saturated rings. The number of non-ortho nitro benzene ring substituents is 1. The van der Waals surface area contributed by atoms with Crippen LogP contribution in [-0.4, -0.2) is 20.6 Å². The van der Waals surface area contributed by atoms with Gasteiger partial charge in [0.2, 0.25) is 0 Å². The van der Waals surface area contributed by atoms with Crippen molar-refractivity contribution in [1.29, 1.82) is 0 Å². The van der Waals surface area contributed by atoms with E-state index in [0.29, 0.717) is 18.7 Å². The minimum Gasteiger partial charge on any atom is -0.348 e. The molecule has 1 aromatic heterocycles. The maximum atomic E-state index is 12.2. The fourth-order valence-corrected chi connectivity index (χ4v) is 2.46. The fourth-order valence-electron chi connectivity index (χ4n) is 2.46. The lowest BCUT2D eigenvalue weighted by atomic mass is 10.1. The molecule has 2 aromatic carbocycles. The van der Waals surface area contributed by atoms with Gasteiger partial charge in [-0.05, 0) is 29.3 Å². The summed E-state index contributed by atoms with van der Waals surface area (Å²) in [5.74, 6) is -0.274. The largest absolute Gasteiger partial charge is 0.348 e. The minimum atomic E-state index is -0.493. The average Bonchev–Trinajstić information content (AvgIpc) is 3.14. The Balaban J connectivity index is 1.67. The van der Waals surface area contributed by atoms with E-state index in [4.69, 9.17) is 0 Å². The van der Waals surface area contributed by atoms with Crippen LogP contribution in [0.3, 0.4) is 0 Å². The number of aromatic nitrogens is 2. The fraction of sp³-hybridized carbons (Fsp3) is 0.111. The lowest BCUT2D eigenvalue weighted by Gasteiger charge is -2.11. The number of amides is 1. The normalized spacial score (nSPS) is 10.4. The zero-order chi connectivity index (χ0) is 17.6. The molecule has 0 aliphatic rings. The van der Waals surface area contributed by atoms with Crippen LogP contribution in [0.1, 0.15) is 21.5 Å². The molecule has 7 heteroatoms. The van der Waals surface area contributed by atoms with Gasteiger partial charge in [0.15, 0.2) is 0 Å². The van der Waals surface area contributed by atoms with Crippen molar-refractivity contribution < 1.29 is 9.72 Å². The highest BCUT2D eigenvalue weighted by atomic mass is 16.6. The molecule has 0 radical (unpaired) electrons. The van der Waals surface area contributed by atoms with Crippen LogP contribution in [0, 0.1) is 10.1 Å². The SMILES string of the molecule is O=C(NCc1ccccc1Cn1cccn1)c1ccc([N+](=O)[O-])cc1. The van der Waals surface area contributed by atoms with E-state index in [9.17, 15) is 14.9 Å². The first-order valence-corrected chi connectivity index (χ1v) is 7.70. The molecule has 25 heavy (non-hydrogen) atoms. The van der Waals surface area contributed by atoms with Gasteiger partial charge in [-0.3, -0.25) is 19.6 Å². The molecular formula is C18H16N4O3. The first-order chi connectivity index (χ1) is 12.1. The first-order valence-electron chi connectivity index (χ1n) is 7.70. The number of carbonyl (C=O) groups is 1. The van der Waals surface area contributed by atoms with Gasteiger partial charge in [-0.1, -0.05) is 24.3 Å².